The largest absolute Gasteiger partial charge is 0.496 e. The Labute approximate surface area is 226 Å². The summed E-state index contributed by atoms with van der Waals surface area (Å²) < 4.78 is 12.9. The quantitative estimate of drug-likeness (QED) is 0.322. The van der Waals surface area contributed by atoms with E-state index in [0.29, 0.717) is 36.6 Å². The van der Waals surface area contributed by atoms with Crippen molar-refractivity contribution in [1.29, 1.82) is 0 Å². The number of benzene rings is 3. The maximum Gasteiger partial charge on any atom is 0.326 e. The number of aryl methyl sites for hydroxylation is 1. The number of carboxylic acids is 1. The van der Waals surface area contributed by atoms with Crippen LogP contribution in [0.2, 0.25) is 0 Å². The minimum absolute atomic E-state index is 0.142. The van der Waals surface area contributed by atoms with Gasteiger partial charge in [-0.05, 0) is 35.2 Å². The van der Waals surface area contributed by atoms with E-state index in [2.05, 4.69) is 15.5 Å². The Balaban J connectivity index is 1.30. The molecule has 1 aliphatic rings. The maximum absolute atomic E-state index is 13.3. The summed E-state index contributed by atoms with van der Waals surface area (Å²) in [7, 11) is 3.20. The molecule has 1 aromatic heterocycles. The molecule has 200 valence electrons. The number of amides is 1. The third kappa shape index (κ3) is 5.47. The van der Waals surface area contributed by atoms with Crippen molar-refractivity contribution >= 4 is 11.9 Å². The normalized spacial score (nSPS) is 14.9. The van der Waals surface area contributed by atoms with Crippen molar-refractivity contribution in [3.05, 3.63) is 95.6 Å². The van der Waals surface area contributed by atoms with Gasteiger partial charge in [0, 0.05) is 19.3 Å². The smallest absolute Gasteiger partial charge is 0.326 e. The van der Waals surface area contributed by atoms with Gasteiger partial charge in [0.15, 0.2) is 0 Å². The molecule has 2 atom stereocenters. The van der Waals surface area contributed by atoms with Gasteiger partial charge in [-0.2, -0.15) is 0 Å². The molecule has 2 heterocycles. The molecule has 1 aliphatic heterocycles. The predicted octanol–water partition coefficient (Wildman–Crippen LogP) is 3.85. The number of fused-ring (bicyclic) bond motifs is 1. The highest BCUT2D eigenvalue weighted by atomic mass is 16.5. The van der Waals surface area contributed by atoms with Crippen LogP contribution in [0.4, 0.5) is 0 Å². The van der Waals surface area contributed by atoms with Crippen LogP contribution in [0.15, 0.2) is 72.8 Å². The fraction of sp³-hybridized carbons (Fsp3) is 0.267. The van der Waals surface area contributed by atoms with Gasteiger partial charge in [-0.1, -0.05) is 60.7 Å². The van der Waals surface area contributed by atoms with Gasteiger partial charge in [0.25, 0.3) is 0 Å². The standard InChI is InChI=1S/C30H30N4O5/c1-38-24-9-6-10-25(39-2)28(24)21-13-11-20(12-14-21)17-22(30(36)37)31-29(35)23-15-16-26-32-33-27(34(23)26)18-19-7-4-3-5-8-19/h3-14,22-23H,15-18H2,1-2H3,(H,31,35)(H,36,37)/t22-,23?/m0/s1. The number of rotatable bonds is 10. The molecule has 2 N–H and O–H groups in total. The van der Waals surface area contributed by atoms with E-state index in [9.17, 15) is 14.7 Å². The van der Waals surface area contributed by atoms with Crippen LogP contribution in [0.1, 0.15) is 35.2 Å². The number of carboxylic acid groups (broad SMARTS) is 1. The third-order valence-corrected chi connectivity index (χ3v) is 7.02. The lowest BCUT2D eigenvalue weighted by Crippen LogP contribution is -2.45. The summed E-state index contributed by atoms with van der Waals surface area (Å²) in [6.07, 6.45) is 1.86. The van der Waals surface area contributed by atoms with Crippen LogP contribution in [0.3, 0.4) is 0 Å². The topological polar surface area (TPSA) is 116 Å². The molecule has 0 radical (unpaired) electrons. The molecule has 3 aromatic carbocycles. The Bertz CT molecular complexity index is 1440. The van der Waals surface area contributed by atoms with Gasteiger partial charge in [-0.25, -0.2) is 4.79 Å². The summed E-state index contributed by atoms with van der Waals surface area (Å²) in [4.78, 5) is 25.5. The average Bonchev–Trinajstić information content (AvgIpc) is 3.56. The number of ether oxygens (including phenoxy) is 2. The number of carbonyl (C=O) groups is 2. The van der Waals surface area contributed by atoms with E-state index in [-0.39, 0.29) is 12.3 Å². The highest BCUT2D eigenvalue weighted by Crippen LogP contribution is 2.38. The van der Waals surface area contributed by atoms with E-state index in [1.165, 1.54) is 0 Å². The predicted molar refractivity (Wildman–Crippen MR) is 145 cm³/mol. The van der Waals surface area contributed by atoms with E-state index in [0.717, 1.165) is 28.1 Å². The van der Waals surface area contributed by atoms with Gasteiger partial charge in [0.05, 0.1) is 19.8 Å². The average molecular weight is 527 g/mol. The van der Waals surface area contributed by atoms with E-state index < -0.39 is 18.1 Å². The zero-order valence-electron chi connectivity index (χ0n) is 21.8. The second-order valence-electron chi connectivity index (χ2n) is 9.46. The Morgan fingerprint density at radius 2 is 1.64 bits per heavy atom. The lowest BCUT2D eigenvalue weighted by molar-refractivity contribution is -0.142. The van der Waals surface area contributed by atoms with Crippen molar-refractivity contribution in [3.63, 3.8) is 0 Å². The Morgan fingerprint density at radius 1 is 0.949 bits per heavy atom. The van der Waals surface area contributed by atoms with Crippen molar-refractivity contribution in [2.75, 3.05) is 14.2 Å². The molecule has 0 spiro atoms. The lowest BCUT2D eigenvalue weighted by atomic mass is 9.99. The molecule has 0 saturated carbocycles. The molecule has 39 heavy (non-hydrogen) atoms. The number of nitrogens with one attached hydrogen (secondary N) is 1. The van der Waals surface area contributed by atoms with Crippen molar-refractivity contribution in [2.24, 2.45) is 0 Å². The first-order valence-corrected chi connectivity index (χ1v) is 12.8. The van der Waals surface area contributed by atoms with Crippen LogP contribution in [-0.2, 0) is 28.9 Å². The molecule has 5 rings (SSSR count). The lowest BCUT2D eigenvalue weighted by Gasteiger charge is -2.20. The number of hydrogen-bond donors (Lipinski definition) is 2. The van der Waals surface area contributed by atoms with Gasteiger partial charge in [-0.15, -0.1) is 10.2 Å². The number of aliphatic carboxylic acids is 1. The fourth-order valence-corrected chi connectivity index (χ4v) is 5.08. The summed E-state index contributed by atoms with van der Waals surface area (Å²) in [5.41, 5.74) is 3.54. The minimum atomic E-state index is -1.09. The monoisotopic (exact) mass is 526 g/mol. The summed E-state index contributed by atoms with van der Waals surface area (Å²) >= 11 is 0. The summed E-state index contributed by atoms with van der Waals surface area (Å²) in [6.45, 7) is 0. The second-order valence-corrected chi connectivity index (χ2v) is 9.46. The number of hydrogen-bond acceptors (Lipinski definition) is 6. The molecule has 0 aliphatic carbocycles. The molecule has 0 fully saturated rings. The van der Waals surface area contributed by atoms with E-state index in [1.54, 1.807) is 14.2 Å². The van der Waals surface area contributed by atoms with Crippen molar-refractivity contribution < 1.29 is 24.2 Å². The molecular formula is C30H30N4O5. The zero-order chi connectivity index (χ0) is 27.4. The number of methoxy groups -OCH3 is 2. The van der Waals surface area contributed by atoms with E-state index >= 15 is 0 Å². The minimum Gasteiger partial charge on any atom is -0.496 e. The summed E-state index contributed by atoms with van der Waals surface area (Å²) in [6, 6.07) is 21.3. The van der Waals surface area contributed by atoms with Crippen LogP contribution in [-0.4, -0.2) is 52.0 Å². The molecule has 9 heteroatoms. The van der Waals surface area contributed by atoms with Crippen LogP contribution >= 0.6 is 0 Å². The van der Waals surface area contributed by atoms with Gasteiger partial charge in [0.2, 0.25) is 5.91 Å². The zero-order valence-corrected chi connectivity index (χ0v) is 21.8. The third-order valence-electron chi connectivity index (χ3n) is 7.02. The molecule has 4 aromatic rings. The number of nitrogens with zero attached hydrogens (tertiary/aromatic N) is 3. The van der Waals surface area contributed by atoms with E-state index in [1.807, 2.05) is 77.4 Å². The van der Waals surface area contributed by atoms with Gasteiger partial charge >= 0.3 is 5.97 Å². The number of carbonyl (C=O) groups excluding carboxylic acids is 1. The van der Waals surface area contributed by atoms with Gasteiger partial charge in [-0.3, -0.25) is 4.79 Å². The van der Waals surface area contributed by atoms with E-state index in [4.69, 9.17) is 9.47 Å². The second kappa shape index (κ2) is 11.4. The van der Waals surface area contributed by atoms with Crippen LogP contribution in [0, 0.1) is 0 Å². The first-order chi connectivity index (χ1) is 19.0. The SMILES string of the molecule is COc1cccc(OC)c1-c1ccc(C[C@H](NC(=O)C2CCc3nnc(Cc4ccccc4)n32)C(=O)O)cc1. The molecule has 0 saturated heterocycles. The highest BCUT2D eigenvalue weighted by molar-refractivity contribution is 5.86. The Hall–Kier alpha value is -4.66. The van der Waals surface area contributed by atoms with Crippen molar-refractivity contribution in [2.45, 2.75) is 37.8 Å². The summed E-state index contributed by atoms with van der Waals surface area (Å²) in [5, 5.41) is 21.2. The maximum atomic E-state index is 13.3. The van der Waals surface area contributed by atoms with Crippen LogP contribution < -0.4 is 14.8 Å². The Kier molecular flexibility index (Phi) is 7.58. The summed E-state index contributed by atoms with van der Waals surface area (Å²) in [5.74, 6) is 1.36. The van der Waals surface area contributed by atoms with Crippen LogP contribution in [0.5, 0.6) is 11.5 Å². The molecular weight excluding hydrogens is 496 g/mol. The molecule has 0 bridgehead atoms. The first kappa shape index (κ1) is 26.0. The first-order valence-electron chi connectivity index (χ1n) is 12.8. The van der Waals surface area contributed by atoms with Crippen molar-refractivity contribution in [1.82, 2.24) is 20.1 Å². The Morgan fingerprint density at radius 3 is 2.28 bits per heavy atom. The molecule has 9 nitrogen and oxygen atoms in total. The number of aromatic nitrogens is 3. The molecule has 1 amide bonds. The van der Waals surface area contributed by atoms with Crippen molar-refractivity contribution in [3.8, 4) is 22.6 Å². The highest BCUT2D eigenvalue weighted by Gasteiger charge is 2.34. The fourth-order valence-electron chi connectivity index (χ4n) is 5.08. The van der Waals surface area contributed by atoms with Crippen LogP contribution in [0.25, 0.3) is 11.1 Å². The van der Waals surface area contributed by atoms with Gasteiger partial charge < -0.3 is 24.5 Å². The van der Waals surface area contributed by atoms with Gasteiger partial charge in [0.1, 0.15) is 35.2 Å². The molecule has 1 unspecified atom stereocenters.